The van der Waals surface area contributed by atoms with Crippen molar-refractivity contribution >= 4 is 33.5 Å². The molecule has 1 rings (SSSR count). The molecule has 3 N–H and O–H groups in total. The van der Waals surface area contributed by atoms with Gasteiger partial charge in [-0.1, -0.05) is 6.92 Å². The van der Waals surface area contributed by atoms with Gasteiger partial charge in [-0.05, 0) is 47.5 Å². The van der Waals surface area contributed by atoms with Crippen LogP contribution in [0.4, 0.5) is 5.69 Å². The Labute approximate surface area is 120 Å². The fourth-order valence-electron chi connectivity index (χ4n) is 1.74. The number of amides is 1. The fourth-order valence-corrected chi connectivity index (χ4v) is 2.34. The molecule has 0 aliphatic rings. The minimum absolute atomic E-state index is 0.0758. The van der Waals surface area contributed by atoms with Crippen LogP contribution < -0.4 is 10.6 Å². The van der Waals surface area contributed by atoms with E-state index >= 15 is 0 Å². The summed E-state index contributed by atoms with van der Waals surface area (Å²) in [5, 5.41) is 8.99. The van der Waals surface area contributed by atoms with Crippen LogP contribution in [0.25, 0.3) is 0 Å². The maximum absolute atomic E-state index is 11.1. The van der Waals surface area contributed by atoms with Crippen LogP contribution >= 0.6 is 15.9 Å². The Hall–Kier alpha value is -1.56. The van der Waals surface area contributed by atoms with E-state index in [1.54, 1.807) is 23.1 Å². The minimum Gasteiger partial charge on any atom is -0.480 e. The van der Waals surface area contributed by atoms with Crippen molar-refractivity contribution in [3.63, 3.8) is 0 Å². The normalized spacial score (nSPS) is 11.9. The monoisotopic (exact) mass is 328 g/mol. The van der Waals surface area contributed by atoms with E-state index in [0.717, 1.165) is 12.1 Å². The lowest BCUT2D eigenvalue weighted by Crippen LogP contribution is -2.37. The Balaban J connectivity index is 3.15. The molecular weight excluding hydrogens is 312 g/mol. The average Bonchev–Trinajstić information content (AvgIpc) is 2.35. The number of carbonyl (C=O) groups is 2. The number of nitrogens with two attached hydrogens (primary N) is 1. The van der Waals surface area contributed by atoms with E-state index in [9.17, 15) is 9.59 Å². The smallest absolute Gasteiger partial charge is 0.323 e. The lowest BCUT2D eigenvalue weighted by Gasteiger charge is -2.30. The first-order valence-corrected chi connectivity index (χ1v) is 6.73. The van der Waals surface area contributed by atoms with Crippen molar-refractivity contribution < 1.29 is 14.7 Å². The molecule has 0 aromatic heterocycles. The predicted octanol–water partition coefficient (Wildman–Crippen LogP) is 2.24. The van der Waals surface area contributed by atoms with Crippen LogP contribution in [-0.4, -0.2) is 29.6 Å². The average molecular weight is 329 g/mol. The van der Waals surface area contributed by atoms with E-state index in [1.807, 2.05) is 13.8 Å². The number of hydrogen-bond acceptors (Lipinski definition) is 3. The summed E-state index contributed by atoms with van der Waals surface area (Å²) in [6.07, 6.45) is 0.817. The van der Waals surface area contributed by atoms with Crippen molar-refractivity contribution in [2.24, 2.45) is 5.73 Å². The number of benzene rings is 1. The zero-order valence-electron chi connectivity index (χ0n) is 10.9. The van der Waals surface area contributed by atoms with Gasteiger partial charge in [0.05, 0.1) is 5.69 Å². The van der Waals surface area contributed by atoms with Crippen LogP contribution in [0.3, 0.4) is 0 Å². The first-order valence-electron chi connectivity index (χ1n) is 5.94. The van der Waals surface area contributed by atoms with Gasteiger partial charge < -0.3 is 15.7 Å². The standard InChI is InChI=1S/C13H17BrN2O3/c1-3-8(2)16(7-12(17)18)11-5-4-9(13(15)19)6-10(11)14/h4-6,8H,3,7H2,1-2H3,(H2,15,19)(H,17,18). The van der Waals surface area contributed by atoms with Crippen molar-refractivity contribution in [3.05, 3.63) is 28.2 Å². The molecule has 0 aliphatic heterocycles. The molecule has 0 spiro atoms. The highest BCUT2D eigenvalue weighted by molar-refractivity contribution is 9.10. The lowest BCUT2D eigenvalue weighted by molar-refractivity contribution is -0.135. The SMILES string of the molecule is CCC(C)N(CC(=O)O)c1ccc(C(N)=O)cc1Br. The van der Waals surface area contributed by atoms with Gasteiger partial charge in [0.25, 0.3) is 0 Å². The van der Waals surface area contributed by atoms with Crippen molar-refractivity contribution in [2.75, 3.05) is 11.4 Å². The molecule has 1 atom stereocenters. The molecule has 1 amide bonds. The van der Waals surface area contributed by atoms with Crippen LogP contribution in [0.15, 0.2) is 22.7 Å². The summed E-state index contributed by atoms with van der Waals surface area (Å²) in [5.74, 6) is -1.41. The molecule has 19 heavy (non-hydrogen) atoms. The topological polar surface area (TPSA) is 83.6 Å². The van der Waals surface area contributed by atoms with E-state index in [-0.39, 0.29) is 12.6 Å². The van der Waals surface area contributed by atoms with E-state index in [4.69, 9.17) is 10.8 Å². The van der Waals surface area contributed by atoms with Crippen LogP contribution in [0.5, 0.6) is 0 Å². The second-order valence-corrected chi connectivity index (χ2v) is 5.16. The molecule has 0 bridgehead atoms. The highest BCUT2D eigenvalue weighted by atomic mass is 79.9. The molecule has 0 radical (unpaired) electrons. The molecule has 0 saturated carbocycles. The fraction of sp³-hybridized carbons (Fsp3) is 0.385. The number of carboxylic acid groups (broad SMARTS) is 1. The first kappa shape index (κ1) is 15.5. The Bertz CT molecular complexity index is 491. The van der Waals surface area contributed by atoms with Gasteiger partial charge in [-0.25, -0.2) is 0 Å². The molecular formula is C13H17BrN2O3. The van der Waals surface area contributed by atoms with Crippen LogP contribution in [0.2, 0.25) is 0 Å². The molecule has 1 aromatic rings. The first-order chi connectivity index (χ1) is 8.86. The Morgan fingerprint density at radius 1 is 1.47 bits per heavy atom. The van der Waals surface area contributed by atoms with Gasteiger partial charge in [-0.3, -0.25) is 9.59 Å². The third-order valence-electron chi connectivity index (χ3n) is 2.97. The number of anilines is 1. The Morgan fingerprint density at radius 2 is 2.11 bits per heavy atom. The number of aliphatic carboxylic acids is 1. The number of hydrogen-bond donors (Lipinski definition) is 2. The van der Waals surface area contributed by atoms with Gasteiger partial charge in [0, 0.05) is 16.1 Å². The molecule has 104 valence electrons. The second kappa shape index (κ2) is 6.56. The van der Waals surface area contributed by atoms with E-state index in [0.29, 0.717) is 10.0 Å². The van der Waals surface area contributed by atoms with E-state index < -0.39 is 11.9 Å². The van der Waals surface area contributed by atoms with Gasteiger partial charge in [0.2, 0.25) is 5.91 Å². The van der Waals surface area contributed by atoms with Gasteiger partial charge in [0.1, 0.15) is 6.54 Å². The molecule has 0 fully saturated rings. The van der Waals surface area contributed by atoms with Gasteiger partial charge in [-0.2, -0.15) is 0 Å². The highest BCUT2D eigenvalue weighted by Gasteiger charge is 2.19. The van der Waals surface area contributed by atoms with Crippen LogP contribution in [0.1, 0.15) is 30.6 Å². The summed E-state index contributed by atoms with van der Waals surface area (Å²) in [7, 11) is 0. The number of carboxylic acids is 1. The molecule has 6 heteroatoms. The van der Waals surface area contributed by atoms with E-state index in [2.05, 4.69) is 15.9 Å². The second-order valence-electron chi connectivity index (χ2n) is 4.31. The quantitative estimate of drug-likeness (QED) is 0.838. The Kier molecular flexibility index (Phi) is 5.35. The Morgan fingerprint density at radius 3 is 2.53 bits per heavy atom. The summed E-state index contributed by atoms with van der Waals surface area (Å²) in [4.78, 5) is 23.8. The zero-order chi connectivity index (χ0) is 14.6. The van der Waals surface area contributed by atoms with Crippen molar-refractivity contribution in [1.82, 2.24) is 0 Å². The number of nitrogens with zero attached hydrogens (tertiary/aromatic N) is 1. The maximum Gasteiger partial charge on any atom is 0.323 e. The number of carbonyl (C=O) groups excluding carboxylic acids is 1. The highest BCUT2D eigenvalue weighted by Crippen LogP contribution is 2.29. The van der Waals surface area contributed by atoms with Gasteiger partial charge in [0.15, 0.2) is 0 Å². The van der Waals surface area contributed by atoms with Gasteiger partial charge >= 0.3 is 5.97 Å². The minimum atomic E-state index is -0.897. The van der Waals surface area contributed by atoms with Crippen molar-refractivity contribution in [3.8, 4) is 0 Å². The molecule has 0 heterocycles. The summed E-state index contributed by atoms with van der Waals surface area (Å²) < 4.78 is 0.658. The molecule has 0 aliphatic carbocycles. The van der Waals surface area contributed by atoms with Crippen molar-refractivity contribution in [2.45, 2.75) is 26.3 Å². The van der Waals surface area contributed by atoms with Crippen LogP contribution in [-0.2, 0) is 4.79 Å². The van der Waals surface area contributed by atoms with E-state index in [1.165, 1.54) is 0 Å². The van der Waals surface area contributed by atoms with Gasteiger partial charge in [-0.15, -0.1) is 0 Å². The maximum atomic E-state index is 11.1. The number of primary amides is 1. The molecule has 5 nitrogen and oxygen atoms in total. The largest absolute Gasteiger partial charge is 0.480 e. The summed E-state index contributed by atoms with van der Waals surface area (Å²) >= 11 is 3.36. The summed E-state index contributed by atoms with van der Waals surface area (Å²) in [6.45, 7) is 3.85. The molecule has 1 unspecified atom stereocenters. The molecule has 1 aromatic carbocycles. The summed E-state index contributed by atoms with van der Waals surface area (Å²) in [6, 6.07) is 4.99. The summed E-state index contributed by atoms with van der Waals surface area (Å²) in [5.41, 5.74) is 6.33. The van der Waals surface area contributed by atoms with Crippen molar-refractivity contribution in [1.29, 1.82) is 0 Å². The zero-order valence-corrected chi connectivity index (χ0v) is 12.5. The number of rotatable bonds is 6. The molecule has 0 saturated heterocycles. The predicted molar refractivity (Wildman–Crippen MR) is 77.4 cm³/mol. The third-order valence-corrected chi connectivity index (χ3v) is 3.61. The third kappa shape index (κ3) is 3.96. The lowest BCUT2D eigenvalue weighted by atomic mass is 10.1. The number of halogens is 1. The van der Waals surface area contributed by atoms with Crippen LogP contribution in [0, 0.1) is 0 Å².